The highest BCUT2D eigenvalue weighted by atomic mass is 32.1. The normalized spacial score (nSPS) is 24.0. The second-order valence-electron chi connectivity index (χ2n) is 6.46. The predicted octanol–water partition coefficient (Wildman–Crippen LogP) is 5.01. The number of rotatable bonds is 6. The van der Waals surface area contributed by atoms with Gasteiger partial charge in [0.25, 0.3) is 0 Å². The predicted molar refractivity (Wildman–Crippen MR) is 85.7 cm³/mol. The molecule has 1 nitrogen and oxygen atoms in total. The molecule has 0 aliphatic heterocycles. The van der Waals surface area contributed by atoms with Gasteiger partial charge in [-0.15, -0.1) is 11.3 Å². The Morgan fingerprint density at radius 1 is 1.26 bits per heavy atom. The molecule has 1 aliphatic rings. The van der Waals surface area contributed by atoms with Gasteiger partial charge in [0.05, 0.1) is 0 Å². The lowest BCUT2D eigenvalue weighted by Gasteiger charge is -2.30. The van der Waals surface area contributed by atoms with Gasteiger partial charge in [0.1, 0.15) is 0 Å². The Balaban J connectivity index is 1.75. The van der Waals surface area contributed by atoms with Gasteiger partial charge in [-0.1, -0.05) is 33.6 Å². The quantitative estimate of drug-likeness (QED) is 0.772. The van der Waals surface area contributed by atoms with Crippen molar-refractivity contribution in [3.63, 3.8) is 0 Å². The molecule has 2 unspecified atom stereocenters. The Bertz CT molecular complexity index is 369. The Hall–Kier alpha value is -0.340. The lowest BCUT2D eigenvalue weighted by molar-refractivity contribution is 0.252. The van der Waals surface area contributed by atoms with E-state index in [1.54, 1.807) is 0 Å². The zero-order chi connectivity index (χ0) is 13.7. The maximum absolute atomic E-state index is 3.79. The molecular formula is C17H29NS. The maximum atomic E-state index is 3.79. The standard InChI is InChI=1S/C17H29NS/c1-4-16-8-9-17(19-16)12-18-15-7-5-6-14(11-15)10-13(2)3/h8-9,13-15,18H,4-7,10-12H2,1-3H3. The van der Waals surface area contributed by atoms with Crippen LogP contribution in [0.3, 0.4) is 0 Å². The SMILES string of the molecule is CCc1ccc(CNC2CCCC(CC(C)C)C2)s1. The largest absolute Gasteiger partial charge is 0.309 e. The summed E-state index contributed by atoms with van der Waals surface area (Å²) in [5.74, 6) is 1.81. The fourth-order valence-corrected chi connectivity index (χ4v) is 4.22. The summed E-state index contributed by atoms with van der Waals surface area (Å²) in [6.07, 6.45) is 8.22. The van der Waals surface area contributed by atoms with Gasteiger partial charge in [0.2, 0.25) is 0 Å². The highest BCUT2D eigenvalue weighted by Gasteiger charge is 2.22. The molecule has 0 spiro atoms. The second-order valence-corrected chi connectivity index (χ2v) is 7.71. The van der Waals surface area contributed by atoms with Crippen LogP contribution in [0.25, 0.3) is 0 Å². The zero-order valence-electron chi connectivity index (χ0n) is 12.7. The van der Waals surface area contributed by atoms with Crippen LogP contribution >= 0.6 is 11.3 Å². The molecule has 19 heavy (non-hydrogen) atoms. The van der Waals surface area contributed by atoms with Crippen molar-refractivity contribution in [1.82, 2.24) is 5.32 Å². The Morgan fingerprint density at radius 3 is 2.74 bits per heavy atom. The molecule has 0 saturated heterocycles. The minimum Gasteiger partial charge on any atom is -0.309 e. The van der Waals surface area contributed by atoms with E-state index in [-0.39, 0.29) is 0 Å². The molecule has 0 aromatic carbocycles. The summed E-state index contributed by atoms with van der Waals surface area (Å²) in [4.78, 5) is 3.01. The molecular weight excluding hydrogens is 250 g/mol. The third-order valence-electron chi connectivity index (χ3n) is 4.22. The minimum atomic E-state index is 0.754. The molecule has 1 aliphatic carbocycles. The smallest absolute Gasteiger partial charge is 0.0302 e. The first kappa shape index (κ1) is 15.1. The number of nitrogens with one attached hydrogen (secondary N) is 1. The zero-order valence-corrected chi connectivity index (χ0v) is 13.6. The fourth-order valence-electron chi connectivity index (χ4n) is 3.31. The third-order valence-corrected chi connectivity index (χ3v) is 5.45. The minimum absolute atomic E-state index is 0.754. The first-order chi connectivity index (χ1) is 9.17. The third kappa shape index (κ3) is 4.92. The van der Waals surface area contributed by atoms with Gasteiger partial charge >= 0.3 is 0 Å². The monoisotopic (exact) mass is 279 g/mol. The van der Waals surface area contributed by atoms with Crippen LogP contribution in [-0.2, 0) is 13.0 Å². The highest BCUT2D eigenvalue weighted by Crippen LogP contribution is 2.29. The van der Waals surface area contributed by atoms with Crippen LogP contribution < -0.4 is 5.32 Å². The Kier molecular flexibility index (Phi) is 5.90. The first-order valence-electron chi connectivity index (χ1n) is 7.98. The van der Waals surface area contributed by atoms with Crippen molar-refractivity contribution >= 4 is 11.3 Å². The van der Waals surface area contributed by atoms with Crippen molar-refractivity contribution in [3.05, 3.63) is 21.9 Å². The second kappa shape index (κ2) is 7.44. The van der Waals surface area contributed by atoms with Crippen molar-refractivity contribution in [2.45, 2.75) is 71.9 Å². The maximum Gasteiger partial charge on any atom is 0.0302 e. The van der Waals surface area contributed by atoms with Crippen LogP contribution in [0.4, 0.5) is 0 Å². The molecule has 0 bridgehead atoms. The van der Waals surface area contributed by atoms with Gasteiger partial charge in [-0.2, -0.15) is 0 Å². The summed E-state index contributed by atoms with van der Waals surface area (Å²) in [6, 6.07) is 5.33. The van der Waals surface area contributed by atoms with Crippen LogP contribution in [0.2, 0.25) is 0 Å². The summed E-state index contributed by atoms with van der Waals surface area (Å²) >= 11 is 1.97. The van der Waals surface area contributed by atoms with Gasteiger partial charge in [-0.3, -0.25) is 0 Å². The van der Waals surface area contributed by atoms with E-state index in [0.717, 1.165) is 24.4 Å². The molecule has 2 rings (SSSR count). The van der Waals surface area contributed by atoms with Crippen molar-refractivity contribution in [2.24, 2.45) is 11.8 Å². The summed E-state index contributed by atoms with van der Waals surface area (Å²) < 4.78 is 0. The van der Waals surface area contributed by atoms with Crippen LogP contribution in [0.5, 0.6) is 0 Å². The van der Waals surface area contributed by atoms with Gasteiger partial charge in [0.15, 0.2) is 0 Å². The molecule has 2 atom stereocenters. The average molecular weight is 279 g/mol. The van der Waals surface area contributed by atoms with Crippen molar-refractivity contribution in [2.75, 3.05) is 0 Å². The molecule has 1 aromatic rings. The molecule has 2 heteroatoms. The average Bonchev–Trinajstić information content (AvgIpc) is 2.84. The summed E-state index contributed by atoms with van der Waals surface area (Å²) in [6.45, 7) is 8.02. The van der Waals surface area contributed by atoms with E-state index < -0.39 is 0 Å². The van der Waals surface area contributed by atoms with E-state index in [1.165, 1.54) is 48.3 Å². The van der Waals surface area contributed by atoms with E-state index in [9.17, 15) is 0 Å². The van der Waals surface area contributed by atoms with Crippen LogP contribution in [-0.4, -0.2) is 6.04 Å². The molecule has 1 saturated carbocycles. The van der Waals surface area contributed by atoms with E-state index in [0.29, 0.717) is 0 Å². The van der Waals surface area contributed by atoms with Gasteiger partial charge in [-0.05, 0) is 49.7 Å². The van der Waals surface area contributed by atoms with E-state index >= 15 is 0 Å². The van der Waals surface area contributed by atoms with Crippen LogP contribution in [0.15, 0.2) is 12.1 Å². The number of aryl methyl sites for hydroxylation is 1. The fraction of sp³-hybridized carbons (Fsp3) is 0.765. The van der Waals surface area contributed by atoms with Crippen molar-refractivity contribution in [1.29, 1.82) is 0 Å². The van der Waals surface area contributed by atoms with Crippen LogP contribution in [0, 0.1) is 11.8 Å². The molecule has 1 fully saturated rings. The summed E-state index contributed by atoms with van der Waals surface area (Å²) in [7, 11) is 0. The van der Waals surface area contributed by atoms with E-state index in [2.05, 4.69) is 38.2 Å². The van der Waals surface area contributed by atoms with E-state index in [4.69, 9.17) is 0 Å². The molecule has 1 N–H and O–H groups in total. The molecule has 1 heterocycles. The summed E-state index contributed by atoms with van der Waals surface area (Å²) in [5.41, 5.74) is 0. The number of hydrogen-bond acceptors (Lipinski definition) is 2. The molecule has 0 radical (unpaired) electrons. The molecule has 0 amide bonds. The highest BCUT2D eigenvalue weighted by molar-refractivity contribution is 7.11. The number of hydrogen-bond donors (Lipinski definition) is 1. The summed E-state index contributed by atoms with van der Waals surface area (Å²) in [5, 5.41) is 3.79. The van der Waals surface area contributed by atoms with Gasteiger partial charge in [-0.25, -0.2) is 0 Å². The lowest BCUT2D eigenvalue weighted by atomic mass is 9.81. The first-order valence-corrected chi connectivity index (χ1v) is 8.80. The van der Waals surface area contributed by atoms with Crippen molar-refractivity contribution in [3.8, 4) is 0 Å². The van der Waals surface area contributed by atoms with Gasteiger partial charge < -0.3 is 5.32 Å². The molecule has 1 aromatic heterocycles. The Labute approximate surface area is 122 Å². The Morgan fingerprint density at radius 2 is 2.05 bits per heavy atom. The van der Waals surface area contributed by atoms with Crippen molar-refractivity contribution < 1.29 is 0 Å². The van der Waals surface area contributed by atoms with Crippen LogP contribution in [0.1, 0.15) is 62.6 Å². The topological polar surface area (TPSA) is 12.0 Å². The molecule has 108 valence electrons. The van der Waals surface area contributed by atoms with E-state index in [1.807, 2.05) is 11.3 Å². The van der Waals surface area contributed by atoms with Gasteiger partial charge in [0, 0.05) is 22.3 Å². The lowest BCUT2D eigenvalue weighted by Crippen LogP contribution is -2.33. The number of thiophene rings is 1.